The van der Waals surface area contributed by atoms with Gasteiger partial charge in [-0.05, 0) is 66.7 Å². The number of hydrogen-bond donors (Lipinski definition) is 3. The second-order valence-corrected chi connectivity index (χ2v) is 9.28. The van der Waals surface area contributed by atoms with Crippen LogP contribution < -0.4 is 21.3 Å². The first kappa shape index (κ1) is 24.0. The van der Waals surface area contributed by atoms with Gasteiger partial charge in [0.15, 0.2) is 5.11 Å². The lowest BCUT2D eigenvalue weighted by Crippen LogP contribution is -2.34. The first-order valence-electron chi connectivity index (χ1n) is 11.2. The standard InChI is InChI=1S/C26H28ClN5OS/c1-31(22-13-14-32(17-22)16-18-5-3-2-4-6-18)24-12-11-21(15-23(24)27)30-26(34)29-20-9-7-19(8-10-20)25(28)33/h2-12,15,22H,13-14,16-17H2,1H3,(H2,28,33)(H2,29,30,34). The Hall–Kier alpha value is -3.13. The smallest absolute Gasteiger partial charge is 0.248 e. The molecule has 176 valence electrons. The second-order valence-electron chi connectivity index (χ2n) is 8.46. The van der Waals surface area contributed by atoms with Crippen LogP contribution in [0.3, 0.4) is 0 Å². The highest BCUT2D eigenvalue weighted by Gasteiger charge is 2.26. The molecule has 6 nitrogen and oxygen atoms in total. The zero-order valence-electron chi connectivity index (χ0n) is 19.0. The molecule has 1 heterocycles. The van der Waals surface area contributed by atoms with Gasteiger partial charge in [0.2, 0.25) is 5.91 Å². The molecule has 0 aliphatic carbocycles. The number of anilines is 3. The van der Waals surface area contributed by atoms with Crippen LogP contribution in [0.25, 0.3) is 0 Å². The zero-order chi connectivity index (χ0) is 24.1. The fourth-order valence-corrected chi connectivity index (χ4v) is 4.74. The van der Waals surface area contributed by atoms with E-state index in [4.69, 9.17) is 29.6 Å². The molecule has 1 aliphatic heterocycles. The molecule has 1 atom stereocenters. The monoisotopic (exact) mass is 493 g/mol. The van der Waals surface area contributed by atoms with E-state index < -0.39 is 5.91 Å². The lowest BCUT2D eigenvalue weighted by atomic mass is 10.2. The fraction of sp³-hybridized carbons (Fsp3) is 0.231. The van der Waals surface area contributed by atoms with Crippen molar-refractivity contribution < 1.29 is 4.79 Å². The molecule has 34 heavy (non-hydrogen) atoms. The maximum Gasteiger partial charge on any atom is 0.248 e. The summed E-state index contributed by atoms with van der Waals surface area (Å²) in [5.41, 5.74) is 9.62. The highest BCUT2D eigenvalue weighted by atomic mass is 35.5. The number of rotatable bonds is 7. The summed E-state index contributed by atoms with van der Waals surface area (Å²) in [5, 5.41) is 7.34. The maximum absolute atomic E-state index is 11.2. The van der Waals surface area contributed by atoms with Crippen LogP contribution in [0.15, 0.2) is 72.8 Å². The number of halogens is 1. The number of benzene rings is 3. The highest BCUT2D eigenvalue weighted by Crippen LogP contribution is 2.31. The first-order chi connectivity index (χ1) is 16.4. The van der Waals surface area contributed by atoms with Crippen LogP contribution in [-0.4, -0.2) is 42.1 Å². The van der Waals surface area contributed by atoms with Crippen molar-refractivity contribution in [2.45, 2.75) is 19.0 Å². The SMILES string of the molecule is CN(c1ccc(NC(=S)Nc2ccc(C(N)=O)cc2)cc1Cl)C1CCN(Cc2ccccc2)C1. The van der Waals surface area contributed by atoms with Gasteiger partial charge in [-0.1, -0.05) is 41.9 Å². The Morgan fingerprint density at radius 1 is 1.09 bits per heavy atom. The molecule has 8 heteroatoms. The van der Waals surface area contributed by atoms with Crippen molar-refractivity contribution in [3.8, 4) is 0 Å². The summed E-state index contributed by atoms with van der Waals surface area (Å²) in [6.45, 7) is 3.04. The third-order valence-electron chi connectivity index (χ3n) is 6.06. The van der Waals surface area contributed by atoms with Gasteiger partial charge in [0.25, 0.3) is 0 Å². The molecule has 4 rings (SSSR count). The largest absolute Gasteiger partial charge is 0.369 e. The Balaban J connectivity index is 1.33. The summed E-state index contributed by atoms with van der Waals surface area (Å²) in [4.78, 5) is 16.0. The van der Waals surface area contributed by atoms with Crippen molar-refractivity contribution in [1.29, 1.82) is 0 Å². The van der Waals surface area contributed by atoms with E-state index in [0.717, 1.165) is 43.1 Å². The summed E-state index contributed by atoms with van der Waals surface area (Å²) < 4.78 is 0. The van der Waals surface area contributed by atoms with E-state index in [1.165, 1.54) is 5.56 Å². The van der Waals surface area contributed by atoms with Gasteiger partial charge < -0.3 is 21.3 Å². The van der Waals surface area contributed by atoms with E-state index in [1.807, 2.05) is 18.2 Å². The summed E-state index contributed by atoms with van der Waals surface area (Å²) in [7, 11) is 2.10. The normalized spacial score (nSPS) is 15.6. The Bertz CT molecular complexity index is 1160. The van der Waals surface area contributed by atoms with E-state index >= 15 is 0 Å². The van der Waals surface area contributed by atoms with E-state index in [1.54, 1.807) is 24.3 Å². The molecule has 1 unspecified atom stereocenters. The topological polar surface area (TPSA) is 73.6 Å². The Kier molecular flexibility index (Phi) is 7.67. The molecule has 1 saturated heterocycles. The van der Waals surface area contributed by atoms with E-state index in [-0.39, 0.29) is 0 Å². The van der Waals surface area contributed by atoms with Crippen LogP contribution in [0.5, 0.6) is 0 Å². The molecule has 3 aromatic carbocycles. The van der Waals surface area contributed by atoms with Crippen molar-refractivity contribution in [1.82, 2.24) is 4.90 Å². The average molecular weight is 494 g/mol. The second kappa shape index (κ2) is 10.9. The minimum atomic E-state index is -0.464. The molecule has 0 aromatic heterocycles. The van der Waals surface area contributed by atoms with Crippen molar-refractivity contribution in [2.24, 2.45) is 5.73 Å². The maximum atomic E-state index is 11.2. The van der Waals surface area contributed by atoms with Gasteiger partial charge in [0.1, 0.15) is 0 Å². The number of nitrogens with one attached hydrogen (secondary N) is 2. The minimum Gasteiger partial charge on any atom is -0.369 e. The molecule has 1 aliphatic rings. The van der Waals surface area contributed by atoms with E-state index in [2.05, 4.69) is 57.8 Å². The summed E-state index contributed by atoms with van der Waals surface area (Å²) >= 11 is 12.1. The van der Waals surface area contributed by atoms with Crippen LogP contribution in [-0.2, 0) is 6.54 Å². The summed E-state index contributed by atoms with van der Waals surface area (Å²) in [6.07, 6.45) is 1.10. The van der Waals surface area contributed by atoms with Gasteiger partial charge in [-0.25, -0.2) is 0 Å². The summed E-state index contributed by atoms with van der Waals surface area (Å²) in [5.74, 6) is -0.464. The molecule has 3 aromatic rings. The van der Waals surface area contributed by atoms with Gasteiger partial charge in [0.05, 0.1) is 10.7 Å². The van der Waals surface area contributed by atoms with Crippen molar-refractivity contribution in [3.63, 3.8) is 0 Å². The number of amides is 1. The van der Waals surface area contributed by atoms with Gasteiger partial charge in [-0.15, -0.1) is 0 Å². The third-order valence-corrected chi connectivity index (χ3v) is 6.56. The zero-order valence-corrected chi connectivity index (χ0v) is 20.6. The number of likely N-dealkylation sites (N-methyl/N-ethyl adjacent to an activating group) is 1. The summed E-state index contributed by atoms with van der Waals surface area (Å²) in [6, 6.07) is 23.7. The number of nitrogens with zero attached hydrogens (tertiary/aromatic N) is 2. The molecular formula is C26H28ClN5OS. The first-order valence-corrected chi connectivity index (χ1v) is 11.9. The molecule has 0 radical (unpaired) electrons. The number of thiocarbonyl (C=S) groups is 1. The van der Waals surface area contributed by atoms with Crippen molar-refractivity contribution >= 4 is 51.9 Å². The van der Waals surface area contributed by atoms with E-state index in [0.29, 0.717) is 21.7 Å². The fourth-order valence-electron chi connectivity index (χ4n) is 4.19. The molecule has 1 amide bonds. The predicted octanol–water partition coefficient (Wildman–Crippen LogP) is 4.96. The Labute approximate surface area is 210 Å². The Morgan fingerprint density at radius 3 is 2.44 bits per heavy atom. The lowest BCUT2D eigenvalue weighted by Gasteiger charge is -2.28. The van der Waals surface area contributed by atoms with Crippen LogP contribution in [0.1, 0.15) is 22.3 Å². The predicted molar refractivity (Wildman–Crippen MR) is 145 cm³/mol. The van der Waals surface area contributed by atoms with E-state index in [9.17, 15) is 4.79 Å². The van der Waals surface area contributed by atoms with Crippen LogP contribution in [0.2, 0.25) is 5.02 Å². The number of nitrogens with two attached hydrogens (primary N) is 1. The molecular weight excluding hydrogens is 466 g/mol. The molecule has 4 N–H and O–H groups in total. The third kappa shape index (κ3) is 6.05. The molecule has 0 bridgehead atoms. The van der Waals surface area contributed by atoms with Gasteiger partial charge >= 0.3 is 0 Å². The number of primary amides is 1. The van der Waals surface area contributed by atoms with Crippen LogP contribution >= 0.6 is 23.8 Å². The quantitative estimate of drug-likeness (QED) is 0.404. The van der Waals surface area contributed by atoms with Crippen LogP contribution in [0.4, 0.5) is 17.1 Å². The number of likely N-dealkylation sites (tertiary alicyclic amines) is 1. The minimum absolute atomic E-state index is 0.408. The van der Waals surface area contributed by atoms with Crippen molar-refractivity contribution in [2.75, 3.05) is 35.7 Å². The number of carbonyl (C=O) groups excluding carboxylic acids is 1. The van der Waals surface area contributed by atoms with Gasteiger partial charge in [-0.3, -0.25) is 9.69 Å². The Morgan fingerprint density at radius 2 is 1.76 bits per heavy atom. The van der Waals surface area contributed by atoms with Crippen LogP contribution in [0, 0.1) is 0 Å². The molecule has 1 fully saturated rings. The van der Waals surface area contributed by atoms with Gasteiger partial charge in [-0.2, -0.15) is 0 Å². The lowest BCUT2D eigenvalue weighted by molar-refractivity contribution is 0.100. The van der Waals surface area contributed by atoms with Gasteiger partial charge in [0, 0.05) is 49.7 Å². The number of hydrogen-bond acceptors (Lipinski definition) is 4. The highest BCUT2D eigenvalue weighted by molar-refractivity contribution is 7.80. The number of carbonyl (C=O) groups is 1. The average Bonchev–Trinajstić information content (AvgIpc) is 3.28. The molecule has 0 spiro atoms. The van der Waals surface area contributed by atoms with Crippen molar-refractivity contribution in [3.05, 3.63) is 88.9 Å². The molecule has 0 saturated carbocycles.